The highest BCUT2D eigenvalue weighted by Gasteiger charge is 2.30. The van der Waals surface area contributed by atoms with Crippen LogP contribution in [0, 0.1) is 6.92 Å². The topological polar surface area (TPSA) is 125 Å². The summed E-state index contributed by atoms with van der Waals surface area (Å²) in [7, 11) is 0. The van der Waals surface area contributed by atoms with Crippen molar-refractivity contribution in [2.45, 2.75) is 32.5 Å². The van der Waals surface area contributed by atoms with Crippen LogP contribution in [0.4, 0.5) is 36.3 Å². The van der Waals surface area contributed by atoms with Crippen molar-refractivity contribution in [3.8, 4) is 0 Å². The third kappa shape index (κ3) is 6.09. The Kier molecular flexibility index (Phi) is 7.48. The third-order valence-electron chi connectivity index (χ3n) is 5.64. The van der Waals surface area contributed by atoms with Crippen LogP contribution in [-0.2, 0) is 6.18 Å². The summed E-state index contributed by atoms with van der Waals surface area (Å²) in [6.45, 7) is 3.72. The van der Waals surface area contributed by atoms with Gasteiger partial charge in [-0.25, -0.2) is 15.0 Å². The number of hydrogen-bond donors (Lipinski definition) is 4. The minimum absolute atomic E-state index is 0.0611. The first kappa shape index (κ1) is 25.8. The standard InChI is InChI=1S/C25H24F3N7O2/c1-3-17(12-36)33-24-29-11-19-21(30-13-31-22(19)35-24)34-20-10-18(8-7-14(20)2)32-23(37)15-5-4-6-16(9-15)25(26,27)28/h4-11,13,17,36H,3,12H2,1-2H3,(H,32,37)(H2,29,30,31,33,34,35)/t17-/m1/s1. The molecular weight excluding hydrogens is 487 g/mol. The summed E-state index contributed by atoms with van der Waals surface area (Å²) in [4.78, 5) is 29.8. The van der Waals surface area contributed by atoms with Crippen molar-refractivity contribution < 1.29 is 23.1 Å². The lowest BCUT2D eigenvalue weighted by atomic mass is 10.1. The largest absolute Gasteiger partial charge is 0.416 e. The van der Waals surface area contributed by atoms with Crippen LogP contribution in [0.5, 0.6) is 0 Å². The van der Waals surface area contributed by atoms with Crippen LogP contribution in [0.2, 0.25) is 0 Å². The van der Waals surface area contributed by atoms with Gasteiger partial charge in [-0.15, -0.1) is 0 Å². The van der Waals surface area contributed by atoms with E-state index in [9.17, 15) is 23.1 Å². The number of anilines is 4. The zero-order chi connectivity index (χ0) is 26.6. The van der Waals surface area contributed by atoms with Crippen molar-refractivity contribution in [2.24, 2.45) is 0 Å². The molecule has 0 saturated heterocycles. The summed E-state index contributed by atoms with van der Waals surface area (Å²) in [6.07, 6.45) is -0.950. The Balaban J connectivity index is 1.56. The molecule has 9 nitrogen and oxygen atoms in total. The predicted molar refractivity (Wildman–Crippen MR) is 134 cm³/mol. The number of rotatable bonds is 8. The molecule has 4 aromatic rings. The summed E-state index contributed by atoms with van der Waals surface area (Å²) < 4.78 is 39.0. The molecule has 0 aliphatic rings. The van der Waals surface area contributed by atoms with Gasteiger partial charge in [0.05, 0.1) is 23.6 Å². The Morgan fingerprint density at radius 2 is 1.92 bits per heavy atom. The molecule has 0 unspecified atom stereocenters. The van der Waals surface area contributed by atoms with Gasteiger partial charge in [-0.1, -0.05) is 19.1 Å². The number of hydrogen-bond acceptors (Lipinski definition) is 8. The van der Waals surface area contributed by atoms with Gasteiger partial charge in [-0.05, 0) is 49.2 Å². The van der Waals surface area contributed by atoms with E-state index in [1.165, 1.54) is 18.5 Å². The molecule has 0 spiro atoms. The zero-order valence-corrected chi connectivity index (χ0v) is 20.0. The first-order valence-corrected chi connectivity index (χ1v) is 11.4. The molecule has 0 aliphatic heterocycles. The van der Waals surface area contributed by atoms with Gasteiger partial charge in [0.2, 0.25) is 5.95 Å². The molecule has 1 atom stereocenters. The number of aryl methyl sites for hydroxylation is 1. The van der Waals surface area contributed by atoms with E-state index in [2.05, 4.69) is 35.9 Å². The highest BCUT2D eigenvalue weighted by Crippen LogP contribution is 2.30. The average Bonchev–Trinajstić information content (AvgIpc) is 2.88. The Bertz CT molecular complexity index is 1430. The highest BCUT2D eigenvalue weighted by molar-refractivity contribution is 6.04. The third-order valence-corrected chi connectivity index (χ3v) is 5.64. The second kappa shape index (κ2) is 10.7. The summed E-state index contributed by atoms with van der Waals surface area (Å²) in [5.74, 6) is 0.0822. The Morgan fingerprint density at radius 1 is 1.11 bits per heavy atom. The van der Waals surface area contributed by atoms with E-state index in [0.717, 1.165) is 17.7 Å². The monoisotopic (exact) mass is 511 g/mol. The summed E-state index contributed by atoms with van der Waals surface area (Å²) in [5.41, 5.74) is 1.19. The van der Waals surface area contributed by atoms with Crippen molar-refractivity contribution in [1.82, 2.24) is 19.9 Å². The molecule has 1 amide bonds. The molecule has 2 aromatic carbocycles. The van der Waals surface area contributed by atoms with Crippen molar-refractivity contribution >= 4 is 40.1 Å². The summed E-state index contributed by atoms with van der Waals surface area (Å²) in [5, 5.41) is 18.8. The van der Waals surface area contributed by atoms with Crippen molar-refractivity contribution in [1.29, 1.82) is 0 Å². The fraction of sp³-hybridized carbons (Fsp3) is 0.240. The molecule has 2 aromatic heterocycles. The number of nitrogens with one attached hydrogen (secondary N) is 3. The second-order valence-corrected chi connectivity index (χ2v) is 8.27. The number of halogens is 3. The Hall–Kier alpha value is -4.32. The number of amides is 1. The number of fused-ring (bicyclic) bond motifs is 1. The van der Waals surface area contributed by atoms with Crippen molar-refractivity contribution in [3.63, 3.8) is 0 Å². The number of alkyl halides is 3. The number of carbonyl (C=O) groups is 1. The molecule has 2 heterocycles. The molecule has 0 aliphatic carbocycles. The van der Waals surface area contributed by atoms with E-state index in [1.54, 1.807) is 24.4 Å². The number of aliphatic hydroxyl groups is 1. The summed E-state index contributed by atoms with van der Waals surface area (Å²) >= 11 is 0. The van der Waals surface area contributed by atoms with E-state index in [-0.39, 0.29) is 18.2 Å². The van der Waals surface area contributed by atoms with E-state index in [1.807, 2.05) is 13.8 Å². The van der Waals surface area contributed by atoms with Crippen LogP contribution in [0.15, 0.2) is 55.0 Å². The second-order valence-electron chi connectivity index (χ2n) is 8.27. The summed E-state index contributed by atoms with van der Waals surface area (Å²) in [6, 6.07) is 9.09. The fourth-order valence-electron chi connectivity index (χ4n) is 3.48. The number of nitrogens with zero attached hydrogens (tertiary/aromatic N) is 4. The molecule has 4 rings (SSSR count). The number of aliphatic hydroxyl groups excluding tert-OH is 1. The molecule has 0 fully saturated rings. The first-order chi connectivity index (χ1) is 17.7. The van der Waals surface area contributed by atoms with Crippen molar-refractivity contribution in [2.75, 3.05) is 22.6 Å². The average molecular weight is 512 g/mol. The number of benzene rings is 2. The van der Waals surface area contributed by atoms with Gasteiger partial charge in [0.25, 0.3) is 5.91 Å². The Labute approximate surface area is 210 Å². The molecule has 0 radical (unpaired) electrons. The Morgan fingerprint density at radius 3 is 2.65 bits per heavy atom. The van der Waals surface area contributed by atoms with Crippen LogP contribution < -0.4 is 16.0 Å². The highest BCUT2D eigenvalue weighted by atomic mass is 19.4. The lowest BCUT2D eigenvalue weighted by Crippen LogP contribution is -2.23. The fourth-order valence-corrected chi connectivity index (χ4v) is 3.48. The van der Waals surface area contributed by atoms with Gasteiger partial charge < -0.3 is 21.1 Å². The number of aromatic nitrogens is 4. The number of carbonyl (C=O) groups excluding carboxylic acids is 1. The minimum Gasteiger partial charge on any atom is -0.394 e. The predicted octanol–water partition coefficient (Wildman–Crippen LogP) is 4.93. The molecular formula is C25H24F3N7O2. The molecule has 0 bridgehead atoms. The molecule has 0 saturated carbocycles. The van der Waals surface area contributed by atoms with E-state index >= 15 is 0 Å². The van der Waals surface area contributed by atoms with Crippen LogP contribution in [-0.4, -0.2) is 43.6 Å². The molecule has 37 heavy (non-hydrogen) atoms. The van der Waals surface area contributed by atoms with Crippen LogP contribution in [0.25, 0.3) is 11.0 Å². The van der Waals surface area contributed by atoms with Gasteiger partial charge in [0.15, 0.2) is 5.65 Å². The molecule has 192 valence electrons. The molecule has 12 heteroatoms. The van der Waals surface area contributed by atoms with Gasteiger partial charge in [-0.2, -0.15) is 18.2 Å². The van der Waals surface area contributed by atoms with Crippen molar-refractivity contribution in [3.05, 3.63) is 71.7 Å². The SMILES string of the molecule is CC[C@H](CO)Nc1ncc2c(Nc3cc(NC(=O)c4cccc(C(F)(F)F)c4)ccc3C)ncnc2n1. The minimum atomic E-state index is -4.55. The van der Waals surface area contributed by atoms with Gasteiger partial charge >= 0.3 is 6.18 Å². The van der Waals surface area contributed by atoms with E-state index in [0.29, 0.717) is 40.6 Å². The maximum Gasteiger partial charge on any atom is 0.416 e. The smallest absolute Gasteiger partial charge is 0.394 e. The van der Waals surface area contributed by atoms with Crippen LogP contribution in [0.3, 0.4) is 0 Å². The van der Waals surface area contributed by atoms with Gasteiger partial charge in [-0.3, -0.25) is 4.79 Å². The van der Waals surface area contributed by atoms with Gasteiger partial charge in [0.1, 0.15) is 12.1 Å². The maximum absolute atomic E-state index is 13.0. The first-order valence-electron chi connectivity index (χ1n) is 11.4. The normalized spacial score (nSPS) is 12.3. The zero-order valence-electron chi connectivity index (χ0n) is 20.0. The maximum atomic E-state index is 13.0. The quantitative estimate of drug-likeness (QED) is 0.263. The lowest BCUT2D eigenvalue weighted by molar-refractivity contribution is -0.137. The van der Waals surface area contributed by atoms with E-state index < -0.39 is 17.6 Å². The van der Waals surface area contributed by atoms with Crippen LogP contribution >= 0.6 is 0 Å². The van der Waals surface area contributed by atoms with Crippen LogP contribution in [0.1, 0.15) is 34.8 Å². The lowest BCUT2D eigenvalue weighted by Gasteiger charge is -2.15. The van der Waals surface area contributed by atoms with E-state index in [4.69, 9.17) is 0 Å². The molecule has 4 N–H and O–H groups in total. The van der Waals surface area contributed by atoms with Gasteiger partial charge in [0, 0.05) is 23.1 Å².